The number of aliphatic hydroxyl groups is 1. The standard InChI is InChI=1S/C24H30N5O15P3/c1-13(2)23(16-7-14(9-25)3-4-18(16)29(31)32)40-11-15-10-28(24-22(15)17(26)5-6-27-24)21-8-19(30)20(42-21)12-41-46(36,37)44-47(38,39)43-45(33,34)35/h3-7,10,13,19-21,23,30H,8,11-12H2,1-2H3,(H2,26,27)(H,36,37)(H,38,39)(H2,33,34,35)/t19-,20-,21-,23-/m1/s1. The first-order valence-electron chi connectivity index (χ1n) is 13.5. The molecule has 4 rings (SSSR count). The van der Waals surface area contributed by atoms with Crippen molar-refractivity contribution in [2.45, 2.75) is 51.4 Å². The van der Waals surface area contributed by atoms with E-state index in [-0.39, 0.29) is 35.8 Å². The monoisotopic (exact) mass is 721 g/mol. The van der Waals surface area contributed by atoms with Gasteiger partial charge in [-0.05, 0) is 24.1 Å². The van der Waals surface area contributed by atoms with Crippen LogP contribution in [0.25, 0.3) is 11.0 Å². The van der Waals surface area contributed by atoms with E-state index in [0.29, 0.717) is 22.3 Å². The molecule has 0 saturated carbocycles. The highest BCUT2D eigenvalue weighted by Gasteiger charge is 2.43. The van der Waals surface area contributed by atoms with Gasteiger partial charge < -0.3 is 44.5 Å². The number of nitro groups is 1. The van der Waals surface area contributed by atoms with Gasteiger partial charge in [-0.1, -0.05) is 13.8 Å². The van der Waals surface area contributed by atoms with Crippen molar-refractivity contribution in [2.24, 2.45) is 5.92 Å². The van der Waals surface area contributed by atoms with Gasteiger partial charge in [0.2, 0.25) is 0 Å². The van der Waals surface area contributed by atoms with Gasteiger partial charge in [0.1, 0.15) is 18.0 Å². The highest BCUT2D eigenvalue weighted by molar-refractivity contribution is 7.66. The van der Waals surface area contributed by atoms with Gasteiger partial charge in [-0.2, -0.15) is 13.9 Å². The van der Waals surface area contributed by atoms with Crippen molar-refractivity contribution in [3.05, 3.63) is 63.5 Å². The molecule has 256 valence electrons. The molecule has 20 nitrogen and oxygen atoms in total. The first kappa shape index (κ1) is 36.7. The number of aromatic nitrogens is 2. The molecule has 1 aliphatic heterocycles. The molecule has 3 heterocycles. The van der Waals surface area contributed by atoms with Crippen LogP contribution in [0.1, 0.15) is 49.3 Å². The zero-order chi connectivity index (χ0) is 34.9. The van der Waals surface area contributed by atoms with Crippen LogP contribution in [0.3, 0.4) is 0 Å². The summed E-state index contributed by atoms with van der Waals surface area (Å²) in [4.78, 5) is 52.0. The normalized spacial score (nSPS) is 21.7. The molecule has 0 spiro atoms. The van der Waals surface area contributed by atoms with Crippen LogP contribution in [0.5, 0.6) is 0 Å². The number of nitrogens with two attached hydrogens (primary N) is 1. The lowest BCUT2D eigenvalue weighted by Gasteiger charge is -2.22. The summed E-state index contributed by atoms with van der Waals surface area (Å²) in [5.41, 5.74) is 7.56. The van der Waals surface area contributed by atoms with Crippen molar-refractivity contribution in [3.8, 4) is 6.07 Å². The van der Waals surface area contributed by atoms with Crippen LogP contribution in [0.2, 0.25) is 0 Å². The third kappa shape index (κ3) is 9.08. The van der Waals surface area contributed by atoms with Crippen molar-refractivity contribution in [1.82, 2.24) is 9.55 Å². The van der Waals surface area contributed by atoms with Crippen LogP contribution < -0.4 is 5.73 Å². The van der Waals surface area contributed by atoms with E-state index in [1.165, 1.54) is 35.0 Å². The van der Waals surface area contributed by atoms with E-state index < -0.39 is 59.5 Å². The lowest BCUT2D eigenvalue weighted by molar-refractivity contribution is -0.386. The maximum absolute atomic E-state index is 12.1. The highest BCUT2D eigenvalue weighted by Crippen LogP contribution is 2.66. The summed E-state index contributed by atoms with van der Waals surface area (Å²) in [7, 11) is -16.8. The number of nitrogens with zero attached hydrogens (tertiary/aromatic N) is 4. The Morgan fingerprint density at radius 2 is 1.89 bits per heavy atom. The first-order valence-corrected chi connectivity index (χ1v) is 18.0. The van der Waals surface area contributed by atoms with Gasteiger partial charge in [0.05, 0.1) is 47.5 Å². The number of phosphoric acid groups is 3. The van der Waals surface area contributed by atoms with Crippen molar-refractivity contribution in [1.29, 1.82) is 5.26 Å². The Morgan fingerprint density at radius 3 is 2.51 bits per heavy atom. The Labute approximate surface area is 265 Å². The molecular formula is C24H30N5O15P3. The zero-order valence-electron chi connectivity index (χ0n) is 24.5. The molecule has 2 aromatic heterocycles. The fraction of sp³-hybridized carbons (Fsp3) is 0.417. The topological polar surface area (TPSA) is 309 Å². The molecule has 1 saturated heterocycles. The van der Waals surface area contributed by atoms with E-state index in [2.05, 4.69) is 18.1 Å². The van der Waals surface area contributed by atoms with E-state index in [0.717, 1.165) is 0 Å². The molecule has 1 aliphatic rings. The second-order valence-corrected chi connectivity index (χ2v) is 15.0. The van der Waals surface area contributed by atoms with E-state index in [1.54, 1.807) is 20.0 Å². The average molecular weight is 721 g/mol. The van der Waals surface area contributed by atoms with Crippen molar-refractivity contribution < 1.29 is 65.9 Å². The summed E-state index contributed by atoms with van der Waals surface area (Å²) in [6, 6.07) is 7.48. The van der Waals surface area contributed by atoms with Crippen LogP contribution in [0, 0.1) is 27.4 Å². The molecule has 23 heteroatoms. The van der Waals surface area contributed by atoms with Gasteiger partial charge in [-0.15, -0.1) is 0 Å². The maximum Gasteiger partial charge on any atom is 0.490 e. The summed E-state index contributed by atoms with van der Waals surface area (Å²) in [6.45, 7) is 2.59. The number of rotatable bonds is 14. The smallest absolute Gasteiger partial charge is 0.398 e. The summed E-state index contributed by atoms with van der Waals surface area (Å²) in [5.74, 6) is -0.268. The molecule has 7 N–H and O–H groups in total. The number of ether oxygens (including phenoxy) is 2. The van der Waals surface area contributed by atoms with E-state index in [1.807, 2.05) is 6.07 Å². The number of hydrogen-bond donors (Lipinski definition) is 6. The van der Waals surface area contributed by atoms with Gasteiger partial charge in [-0.3, -0.25) is 14.6 Å². The third-order valence-electron chi connectivity index (χ3n) is 6.84. The molecule has 3 aromatic rings. The number of anilines is 1. The number of aliphatic hydroxyl groups excluding tert-OH is 1. The number of benzene rings is 1. The SMILES string of the molecule is CC(C)[C@@H](OCc1cn([C@H]2C[C@@H](O)[C@@H](COP(=O)(O)OP(=O)(O)OP(=O)(O)O)O2)c2nccc(N)c12)c1cc(C#N)ccc1[N+](=O)[O-]. The third-order valence-corrected chi connectivity index (χ3v) is 10.6. The lowest BCUT2D eigenvalue weighted by Crippen LogP contribution is -2.26. The quantitative estimate of drug-likeness (QED) is 0.0790. The number of phosphoric ester groups is 1. The second kappa shape index (κ2) is 14.2. The number of pyridine rings is 1. The molecule has 1 aromatic carbocycles. The minimum atomic E-state index is -5.74. The second-order valence-electron chi connectivity index (χ2n) is 10.6. The van der Waals surface area contributed by atoms with E-state index >= 15 is 0 Å². The Hall–Kier alpha value is -3.11. The first-order chi connectivity index (χ1) is 21.8. The number of nitriles is 1. The number of nitro benzene ring substituents is 1. The summed E-state index contributed by atoms with van der Waals surface area (Å²) < 4.78 is 60.0. The minimum Gasteiger partial charge on any atom is -0.398 e. The summed E-state index contributed by atoms with van der Waals surface area (Å²) >= 11 is 0. The highest BCUT2D eigenvalue weighted by atomic mass is 31.3. The fourth-order valence-electron chi connectivity index (χ4n) is 4.96. The number of hydrogen-bond acceptors (Lipinski definition) is 14. The Balaban J connectivity index is 1.55. The molecule has 0 aliphatic carbocycles. The molecule has 6 atom stereocenters. The van der Waals surface area contributed by atoms with Gasteiger partial charge in [-0.25, -0.2) is 18.7 Å². The zero-order valence-corrected chi connectivity index (χ0v) is 27.2. The van der Waals surface area contributed by atoms with Crippen LogP contribution >= 0.6 is 23.5 Å². The summed E-state index contributed by atoms with van der Waals surface area (Å²) in [5, 5.41) is 32.2. The Bertz CT molecular complexity index is 1840. The van der Waals surface area contributed by atoms with Crippen LogP contribution in [0.4, 0.5) is 11.4 Å². The van der Waals surface area contributed by atoms with E-state index in [4.69, 9.17) is 25.0 Å². The number of nitrogen functional groups attached to an aromatic ring is 1. The summed E-state index contributed by atoms with van der Waals surface area (Å²) in [6.07, 6.45) is -1.50. The minimum absolute atomic E-state index is 0.104. The van der Waals surface area contributed by atoms with Crippen LogP contribution in [-0.2, 0) is 42.9 Å². The van der Waals surface area contributed by atoms with Crippen molar-refractivity contribution in [3.63, 3.8) is 0 Å². The van der Waals surface area contributed by atoms with Crippen molar-refractivity contribution >= 4 is 45.9 Å². The average Bonchev–Trinajstić information content (AvgIpc) is 3.50. The Morgan fingerprint density at radius 1 is 1.19 bits per heavy atom. The molecular weight excluding hydrogens is 691 g/mol. The fourth-order valence-corrected chi connectivity index (χ4v) is 7.99. The van der Waals surface area contributed by atoms with Crippen LogP contribution in [-0.4, -0.2) is 58.0 Å². The molecule has 0 amide bonds. The number of fused-ring (bicyclic) bond motifs is 1. The predicted molar refractivity (Wildman–Crippen MR) is 159 cm³/mol. The molecule has 0 radical (unpaired) electrons. The Kier molecular flexibility index (Phi) is 11.1. The maximum atomic E-state index is 12.1. The molecule has 47 heavy (non-hydrogen) atoms. The predicted octanol–water partition coefficient (Wildman–Crippen LogP) is 3.30. The lowest BCUT2D eigenvalue weighted by atomic mass is 9.95. The molecule has 1 fully saturated rings. The largest absolute Gasteiger partial charge is 0.490 e. The van der Waals surface area contributed by atoms with E-state index in [9.17, 15) is 44.0 Å². The van der Waals surface area contributed by atoms with Gasteiger partial charge in [0.15, 0.2) is 0 Å². The van der Waals surface area contributed by atoms with Gasteiger partial charge in [0.25, 0.3) is 5.69 Å². The van der Waals surface area contributed by atoms with Gasteiger partial charge >= 0.3 is 23.5 Å². The van der Waals surface area contributed by atoms with Crippen molar-refractivity contribution in [2.75, 3.05) is 12.3 Å². The molecule has 2 unspecified atom stereocenters. The van der Waals surface area contributed by atoms with Gasteiger partial charge in [0, 0.05) is 41.5 Å². The van der Waals surface area contributed by atoms with Crippen LogP contribution in [0.15, 0.2) is 36.7 Å². The molecule has 0 bridgehead atoms.